The van der Waals surface area contributed by atoms with E-state index in [0.29, 0.717) is 18.3 Å². The van der Waals surface area contributed by atoms with E-state index in [-0.39, 0.29) is 60.0 Å². The van der Waals surface area contributed by atoms with Gasteiger partial charge in [-0.25, -0.2) is 0 Å². The van der Waals surface area contributed by atoms with Crippen molar-refractivity contribution in [2.24, 2.45) is 16.7 Å². The van der Waals surface area contributed by atoms with Crippen LogP contribution < -0.4 is 0 Å². The molecule has 0 radical (unpaired) electrons. The molecule has 1 amide bonds. The van der Waals surface area contributed by atoms with E-state index in [1.165, 1.54) is 17.7 Å². The third-order valence-corrected chi connectivity index (χ3v) is 10.7. The Hall–Kier alpha value is -2.30. The molecule has 1 unspecified atom stereocenters. The number of amides is 1. The molecule has 3 aliphatic carbocycles. The second kappa shape index (κ2) is 12.8. The van der Waals surface area contributed by atoms with Crippen molar-refractivity contribution in [3.8, 4) is 0 Å². The number of aliphatic hydroxyl groups excluding tert-OH is 1. The zero-order valence-corrected chi connectivity index (χ0v) is 26.6. The molecule has 2 aromatic rings. The summed E-state index contributed by atoms with van der Waals surface area (Å²) in [5.74, 6) is -1.10. The highest BCUT2D eigenvalue weighted by atomic mass is 35.5. The van der Waals surface area contributed by atoms with Gasteiger partial charge in [0.05, 0.1) is 42.5 Å². The van der Waals surface area contributed by atoms with Crippen LogP contribution in [0, 0.1) is 16.7 Å². The first-order valence-corrected chi connectivity index (χ1v) is 16.3. The number of benzene rings is 1. The predicted molar refractivity (Wildman–Crippen MR) is 160 cm³/mol. The summed E-state index contributed by atoms with van der Waals surface area (Å²) in [5, 5.41) is 15.7. The van der Waals surface area contributed by atoms with Crippen molar-refractivity contribution in [3.05, 3.63) is 51.3 Å². The fraction of sp³-hybridized carbons (Fsp3) is 0.656. The number of aromatic nitrogens is 2. The molecular formula is C32H40Cl2F3N3O4. The molecule has 44 heavy (non-hydrogen) atoms. The van der Waals surface area contributed by atoms with Gasteiger partial charge in [0.2, 0.25) is 0 Å². The Balaban J connectivity index is 1.41. The molecule has 1 heterocycles. The standard InChI is InChI=1S/C32H40Cl2F3N3O4/c1-3-44-29(43)30(2)11-9-21(10-12-30)40-27(32(35,36)37)22(17-38-40)28(42)39(18-20-7-13-31(14-8-20)15-16-31)19-25(41)26-23(33)5-4-6-24(26)34/h4-6,17,20-21,25,41H,3,7-16,18-19H2,1-2H3/t21-,25?,30-. The average molecular weight is 659 g/mol. The minimum Gasteiger partial charge on any atom is -0.466 e. The number of rotatable bonds is 9. The molecule has 1 aromatic heterocycles. The molecule has 3 saturated carbocycles. The number of alkyl halides is 3. The maximum Gasteiger partial charge on any atom is 0.433 e. The molecule has 1 atom stereocenters. The molecule has 5 rings (SSSR count). The highest BCUT2D eigenvalue weighted by molar-refractivity contribution is 6.36. The monoisotopic (exact) mass is 657 g/mol. The number of esters is 1. The topological polar surface area (TPSA) is 84.7 Å². The van der Waals surface area contributed by atoms with Crippen LogP contribution in [0.2, 0.25) is 10.0 Å². The lowest BCUT2D eigenvalue weighted by molar-refractivity contribution is -0.157. The largest absolute Gasteiger partial charge is 0.466 e. The number of hydrogen-bond donors (Lipinski definition) is 1. The van der Waals surface area contributed by atoms with E-state index in [1.807, 2.05) is 0 Å². The molecule has 0 aliphatic heterocycles. The van der Waals surface area contributed by atoms with Crippen LogP contribution in [-0.2, 0) is 15.7 Å². The summed E-state index contributed by atoms with van der Waals surface area (Å²) in [5.41, 5.74) is -1.80. The van der Waals surface area contributed by atoms with Gasteiger partial charge in [-0.1, -0.05) is 29.3 Å². The second-order valence-electron chi connectivity index (χ2n) is 13.2. The molecular weight excluding hydrogens is 618 g/mol. The summed E-state index contributed by atoms with van der Waals surface area (Å²) in [4.78, 5) is 27.9. The number of carbonyl (C=O) groups is 2. The summed E-state index contributed by atoms with van der Waals surface area (Å²) in [6.45, 7) is 3.66. The van der Waals surface area contributed by atoms with Gasteiger partial charge in [-0.3, -0.25) is 14.3 Å². The lowest BCUT2D eigenvalue weighted by Crippen LogP contribution is -2.40. The average Bonchev–Trinajstić information content (AvgIpc) is 3.56. The Morgan fingerprint density at radius 2 is 1.70 bits per heavy atom. The summed E-state index contributed by atoms with van der Waals surface area (Å²) >= 11 is 12.7. The highest BCUT2D eigenvalue weighted by Gasteiger charge is 2.47. The van der Waals surface area contributed by atoms with Crippen LogP contribution in [0.25, 0.3) is 0 Å². The van der Waals surface area contributed by atoms with E-state index in [2.05, 4.69) is 5.10 Å². The Morgan fingerprint density at radius 1 is 1.09 bits per heavy atom. The Labute approximate surface area is 266 Å². The van der Waals surface area contributed by atoms with Crippen LogP contribution >= 0.6 is 23.2 Å². The molecule has 3 aliphatic rings. The fourth-order valence-electron chi connectivity index (χ4n) is 7.07. The number of aliphatic hydroxyl groups is 1. The van der Waals surface area contributed by atoms with Crippen molar-refractivity contribution in [1.82, 2.24) is 14.7 Å². The van der Waals surface area contributed by atoms with E-state index >= 15 is 0 Å². The molecule has 0 bridgehead atoms. The first-order chi connectivity index (χ1) is 20.8. The third-order valence-electron chi connectivity index (χ3n) is 10.1. The first-order valence-electron chi connectivity index (χ1n) is 15.5. The van der Waals surface area contributed by atoms with E-state index in [0.717, 1.165) is 36.6 Å². The summed E-state index contributed by atoms with van der Waals surface area (Å²) < 4.78 is 50.2. The van der Waals surface area contributed by atoms with Crippen molar-refractivity contribution in [2.45, 2.75) is 96.4 Å². The van der Waals surface area contributed by atoms with Crippen molar-refractivity contribution in [2.75, 3.05) is 19.7 Å². The van der Waals surface area contributed by atoms with Gasteiger partial charge in [0.25, 0.3) is 5.91 Å². The van der Waals surface area contributed by atoms with E-state index < -0.39 is 40.9 Å². The summed E-state index contributed by atoms with van der Waals surface area (Å²) in [6, 6.07) is 4.13. The van der Waals surface area contributed by atoms with Crippen LogP contribution in [0.5, 0.6) is 0 Å². The maximum atomic E-state index is 14.7. The SMILES string of the molecule is CCOC(=O)[C@]1(C)CC[C@@H](n2ncc(C(=O)N(CC3CCC4(CC3)CC4)CC(O)c3c(Cl)cccc3Cl)c2C(F)(F)F)CC1. The van der Waals surface area contributed by atoms with E-state index in [4.69, 9.17) is 27.9 Å². The Morgan fingerprint density at radius 3 is 2.25 bits per heavy atom. The first kappa shape index (κ1) is 33.1. The van der Waals surface area contributed by atoms with Crippen LogP contribution in [0.1, 0.15) is 112 Å². The number of ether oxygens (including phenoxy) is 1. The Kier molecular flexibility index (Phi) is 9.65. The van der Waals surface area contributed by atoms with Gasteiger partial charge < -0.3 is 14.7 Å². The van der Waals surface area contributed by atoms with Crippen LogP contribution in [0.15, 0.2) is 24.4 Å². The van der Waals surface area contributed by atoms with Gasteiger partial charge in [-0.2, -0.15) is 18.3 Å². The fourth-order valence-corrected chi connectivity index (χ4v) is 7.72. The summed E-state index contributed by atoms with van der Waals surface area (Å²) in [6.07, 6.45) is 2.33. The zero-order chi connectivity index (χ0) is 31.9. The van der Waals surface area contributed by atoms with Crippen LogP contribution in [-0.4, -0.2) is 51.4 Å². The number of nitrogens with zero attached hydrogens (tertiary/aromatic N) is 3. The highest BCUT2D eigenvalue weighted by Crippen LogP contribution is 2.57. The predicted octanol–water partition coefficient (Wildman–Crippen LogP) is 8.04. The molecule has 0 saturated heterocycles. The van der Waals surface area contributed by atoms with Crippen molar-refractivity contribution in [3.63, 3.8) is 0 Å². The van der Waals surface area contributed by atoms with Gasteiger partial charge in [0.15, 0.2) is 5.69 Å². The van der Waals surface area contributed by atoms with Gasteiger partial charge >= 0.3 is 12.1 Å². The zero-order valence-electron chi connectivity index (χ0n) is 25.1. The molecule has 1 N–H and O–H groups in total. The lowest BCUT2D eigenvalue weighted by Gasteiger charge is -2.36. The normalized spacial score (nSPS) is 24.2. The lowest BCUT2D eigenvalue weighted by atomic mass is 9.74. The van der Waals surface area contributed by atoms with Crippen molar-refractivity contribution >= 4 is 35.1 Å². The Bertz CT molecular complexity index is 1340. The number of halogens is 5. The van der Waals surface area contributed by atoms with Crippen molar-refractivity contribution < 1.29 is 32.6 Å². The molecule has 1 aromatic carbocycles. The van der Waals surface area contributed by atoms with Crippen LogP contribution in [0.3, 0.4) is 0 Å². The van der Waals surface area contributed by atoms with Crippen molar-refractivity contribution in [1.29, 1.82) is 0 Å². The van der Waals surface area contributed by atoms with E-state index in [1.54, 1.807) is 32.0 Å². The molecule has 3 fully saturated rings. The molecule has 7 nitrogen and oxygen atoms in total. The van der Waals surface area contributed by atoms with Gasteiger partial charge in [0, 0.05) is 22.2 Å². The van der Waals surface area contributed by atoms with E-state index in [9.17, 15) is 27.9 Å². The minimum atomic E-state index is -4.86. The second-order valence-corrected chi connectivity index (χ2v) is 14.0. The van der Waals surface area contributed by atoms with Gasteiger partial charge in [-0.05, 0) is 102 Å². The van der Waals surface area contributed by atoms with Crippen LogP contribution in [0.4, 0.5) is 13.2 Å². The smallest absolute Gasteiger partial charge is 0.433 e. The molecule has 12 heteroatoms. The quantitative estimate of drug-likeness (QED) is 0.276. The third kappa shape index (κ3) is 6.92. The number of carbonyl (C=O) groups excluding carboxylic acids is 2. The minimum absolute atomic E-state index is 0.0994. The van der Waals surface area contributed by atoms with Gasteiger partial charge in [-0.15, -0.1) is 0 Å². The molecule has 1 spiro atoms. The molecule has 242 valence electrons. The summed E-state index contributed by atoms with van der Waals surface area (Å²) in [7, 11) is 0. The maximum absolute atomic E-state index is 14.7. The number of hydrogen-bond acceptors (Lipinski definition) is 5. The van der Waals surface area contributed by atoms with Gasteiger partial charge in [0.1, 0.15) is 0 Å².